The number of aromatic amines is 1. The number of aliphatic carboxylic acids is 1. The SMILES string of the molecule is CC(=O)O.Cc1[nH]cnc1CNC(=O)c1cc(Cl)ccc1OCCN. The van der Waals surface area contributed by atoms with Gasteiger partial charge in [0.25, 0.3) is 11.9 Å². The molecule has 1 aromatic heterocycles. The largest absolute Gasteiger partial charge is 0.491 e. The second kappa shape index (κ2) is 10.3. The van der Waals surface area contributed by atoms with Gasteiger partial charge in [-0.15, -0.1) is 0 Å². The molecule has 0 aliphatic rings. The average molecular weight is 369 g/mol. The number of carboxylic acid groups (broad SMARTS) is 1. The van der Waals surface area contributed by atoms with Crippen molar-refractivity contribution in [2.75, 3.05) is 13.2 Å². The van der Waals surface area contributed by atoms with Gasteiger partial charge < -0.3 is 25.9 Å². The fraction of sp³-hybridized carbons (Fsp3) is 0.312. The topological polar surface area (TPSA) is 130 Å². The number of carbonyl (C=O) groups is 2. The second-order valence-corrected chi connectivity index (χ2v) is 5.39. The number of hydrogen-bond donors (Lipinski definition) is 4. The summed E-state index contributed by atoms with van der Waals surface area (Å²) >= 11 is 5.94. The smallest absolute Gasteiger partial charge is 0.300 e. The highest BCUT2D eigenvalue weighted by Gasteiger charge is 2.14. The summed E-state index contributed by atoms with van der Waals surface area (Å²) in [4.78, 5) is 28.4. The molecule has 1 heterocycles. The number of imidazole rings is 1. The average Bonchev–Trinajstić information content (AvgIpc) is 2.96. The minimum Gasteiger partial charge on any atom is -0.491 e. The van der Waals surface area contributed by atoms with Gasteiger partial charge in [0, 0.05) is 24.2 Å². The zero-order valence-electron chi connectivity index (χ0n) is 14.0. The molecule has 136 valence electrons. The standard InChI is InChI=1S/C14H17ClN4O2.C2H4O2/c1-9-12(19-8-18-9)7-17-14(20)11-6-10(15)2-3-13(11)21-5-4-16;1-2(3)4/h2-3,6,8H,4-5,7,16H2,1H3,(H,17,20)(H,18,19);1H3,(H,3,4). The second-order valence-electron chi connectivity index (χ2n) is 4.95. The quantitative estimate of drug-likeness (QED) is 0.614. The molecule has 0 atom stereocenters. The Morgan fingerprint density at radius 3 is 2.68 bits per heavy atom. The lowest BCUT2D eigenvalue weighted by Gasteiger charge is -2.11. The van der Waals surface area contributed by atoms with Crippen molar-refractivity contribution in [2.45, 2.75) is 20.4 Å². The Bertz CT molecular complexity index is 714. The third kappa shape index (κ3) is 7.23. The Labute approximate surface area is 150 Å². The van der Waals surface area contributed by atoms with Gasteiger partial charge in [0.1, 0.15) is 12.4 Å². The van der Waals surface area contributed by atoms with Crippen LogP contribution >= 0.6 is 11.6 Å². The first-order chi connectivity index (χ1) is 11.8. The van der Waals surface area contributed by atoms with Crippen molar-refractivity contribution in [1.29, 1.82) is 0 Å². The van der Waals surface area contributed by atoms with Crippen LogP contribution in [0.1, 0.15) is 28.7 Å². The maximum absolute atomic E-state index is 12.3. The van der Waals surface area contributed by atoms with Crippen LogP contribution in [0.5, 0.6) is 5.75 Å². The molecule has 0 unspecified atom stereocenters. The maximum Gasteiger partial charge on any atom is 0.300 e. The minimum absolute atomic E-state index is 0.271. The lowest BCUT2D eigenvalue weighted by Crippen LogP contribution is -2.24. The summed E-state index contributed by atoms with van der Waals surface area (Å²) in [6, 6.07) is 4.90. The van der Waals surface area contributed by atoms with Gasteiger partial charge in [-0.3, -0.25) is 9.59 Å². The number of halogens is 1. The molecule has 9 heteroatoms. The van der Waals surface area contributed by atoms with Crippen molar-refractivity contribution in [2.24, 2.45) is 5.73 Å². The number of nitrogens with zero attached hydrogens (tertiary/aromatic N) is 1. The predicted octanol–water partition coefficient (Wildman–Crippen LogP) is 1.73. The predicted molar refractivity (Wildman–Crippen MR) is 93.8 cm³/mol. The maximum atomic E-state index is 12.3. The van der Waals surface area contributed by atoms with Gasteiger partial charge >= 0.3 is 0 Å². The fourth-order valence-corrected chi connectivity index (χ4v) is 1.97. The number of aromatic nitrogens is 2. The van der Waals surface area contributed by atoms with E-state index in [9.17, 15) is 4.79 Å². The molecule has 0 saturated heterocycles. The lowest BCUT2D eigenvalue weighted by molar-refractivity contribution is -0.134. The number of hydrogen-bond acceptors (Lipinski definition) is 5. The highest BCUT2D eigenvalue weighted by Crippen LogP contribution is 2.23. The van der Waals surface area contributed by atoms with E-state index in [2.05, 4.69) is 15.3 Å². The number of nitrogens with one attached hydrogen (secondary N) is 2. The molecule has 25 heavy (non-hydrogen) atoms. The van der Waals surface area contributed by atoms with Crippen LogP contribution in [-0.2, 0) is 11.3 Å². The van der Waals surface area contributed by atoms with Crippen LogP contribution in [0.3, 0.4) is 0 Å². The first-order valence-corrected chi connectivity index (χ1v) is 7.82. The normalized spacial score (nSPS) is 9.76. The third-order valence-corrected chi connectivity index (χ3v) is 3.15. The molecule has 0 spiro atoms. The Morgan fingerprint density at radius 2 is 2.12 bits per heavy atom. The molecule has 0 radical (unpaired) electrons. The van der Waals surface area contributed by atoms with Crippen LogP contribution in [0.25, 0.3) is 0 Å². The molecule has 5 N–H and O–H groups in total. The van der Waals surface area contributed by atoms with Crippen molar-refractivity contribution < 1.29 is 19.4 Å². The van der Waals surface area contributed by atoms with Crippen molar-refractivity contribution in [3.63, 3.8) is 0 Å². The molecule has 1 amide bonds. The number of aryl methyl sites for hydroxylation is 1. The van der Waals surface area contributed by atoms with Gasteiger partial charge in [-0.05, 0) is 25.1 Å². The number of nitrogens with two attached hydrogens (primary N) is 1. The molecule has 2 aromatic rings. The van der Waals surface area contributed by atoms with Crippen LogP contribution in [0.15, 0.2) is 24.5 Å². The van der Waals surface area contributed by atoms with Crippen molar-refractivity contribution in [3.05, 3.63) is 46.5 Å². The zero-order valence-corrected chi connectivity index (χ0v) is 14.8. The van der Waals surface area contributed by atoms with E-state index in [0.717, 1.165) is 18.3 Å². The van der Waals surface area contributed by atoms with Crippen molar-refractivity contribution >= 4 is 23.5 Å². The number of H-pyrrole nitrogens is 1. The first kappa shape index (κ1) is 20.5. The lowest BCUT2D eigenvalue weighted by atomic mass is 10.2. The Hall–Kier alpha value is -2.58. The van der Waals surface area contributed by atoms with E-state index in [4.69, 9.17) is 32.0 Å². The molecule has 0 fully saturated rings. The summed E-state index contributed by atoms with van der Waals surface area (Å²) in [5.41, 5.74) is 7.49. The summed E-state index contributed by atoms with van der Waals surface area (Å²) < 4.78 is 5.46. The van der Waals surface area contributed by atoms with Crippen LogP contribution in [-0.4, -0.2) is 40.1 Å². The van der Waals surface area contributed by atoms with E-state index in [1.807, 2.05) is 6.92 Å². The number of carbonyl (C=O) groups excluding carboxylic acids is 1. The van der Waals surface area contributed by atoms with Crippen LogP contribution in [0.4, 0.5) is 0 Å². The number of rotatable bonds is 6. The molecule has 0 aliphatic carbocycles. The van der Waals surface area contributed by atoms with E-state index in [0.29, 0.717) is 36.0 Å². The fourth-order valence-electron chi connectivity index (χ4n) is 1.80. The number of amides is 1. The third-order valence-electron chi connectivity index (χ3n) is 2.91. The molecule has 0 bridgehead atoms. The number of carboxylic acids is 1. The Morgan fingerprint density at radius 1 is 1.44 bits per heavy atom. The van der Waals surface area contributed by atoms with E-state index in [-0.39, 0.29) is 5.91 Å². The molecule has 2 rings (SSSR count). The molecule has 1 aromatic carbocycles. The van der Waals surface area contributed by atoms with E-state index in [1.54, 1.807) is 24.5 Å². The summed E-state index contributed by atoms with van der Waals surface area (Å²) in [6.07, 6.45) is 1.59. The number of ether oxygens (including phenoxy) is 1. The monoisotopic (exact) mass is 368 g/mol. The molecular formula is C16H21ClN4O4. The van der Waals surface area contributed by atoms with Gasteiger partial charge in [-0.1, -0.05) is 11.6 Å². The minimum atomic E-state index is -0.833. The Kier molecular flexibility index (Phi) is 8.45. The molecular weight excluding hydrogens is 348 g/mol. The zero-order chi connectivity index (χ0) is 18.8. The van der Waals surface area contributed by atoms with Gasteiger partial charge in [0.05, 0.1) is 24.1 Å². The summed E-state index contributed by atoms with van der Waals surface area (Å²) in [7, 11) is 0. The number of benzene rings is 1. The first-order valence-electron chi connectivity index (χ1n) is 7.44. The van der Waals surface area contributed by atoms with Crippen LogP contribution < -0.4 is 15.8 Å². The molecule has 0 aliphatic heterocycles. The molecule has 0 saturated carbocycles. The highest BCUT2D eigenvalue weighted by molar-refractivity contribution is 6.31. The Balaban J connectivity index is 0.000000705. The van der Waals surface area contributed by atoms with Gasteiger partial charge in [0.2, 0.25) is 0 Å². The van der Waals surface area contributed by atoms with E-state index in [1.165, 1.54) is 0 Å². The van der Waals surface area contributed by atoms with E-state index < -0.39 is 5.97 Å². The van der Waals surface area contributed by atoms with Gasteiger partial charge in [-0.2, -0.15) is 0 Å². The van der Waals surface area contributed by atoms with E-state index >= 15 is 0 Å². The van der Waals surface area contributed by atoms with Crippen LogP contribution in [0.2, 0.25) is 5.02 Å². The summed E-state index contributed by atoms with van der Waals surface area (Å²) in [5, 5.41) is 10.7. The molecule has 8 nitrogen and oxygen atoms in total. The highest BCUT2D eigenvalue weighted by atomic mass is 35.5. The van der Waals surface area contributed by atoms with Gasteiger partial charge in [-0.25, -0.2) is 4.98 Å². The van der Waals surface area contributed by atoms with Crippen LogP contribution in [0, 0.1) is 6.92 Å². The summed E-state index contributed by atoms with van der Waals surface area (Å²) in [6.45, 7) is 4.01. The van der Waals surface area contributed by atoms with Gasteiger partial charge in [0.15, 0.2) is 0 Å². The summed E-state index contributed by atoms with van der Waals surface area (Å²) in [5.74, 6) is -0.645. The van der Waals surface area contributed by atoms with Crippen molar-refractivity contribution in [1.82, 2.24) is 15.3 Å². The van der Waals surface area contributed by atoms with Crippen molar-refractivity contribution in [3.8, 4) is 5.75 Å².